The Hall–Kier alpha value is -2.25. The van der Waals surface area contributed by atoms with E-state index in [1.165, 1.54) is 10.7 Å². The summed E-state index contributed by atoms with van der Waals surface area (Å²) in [6.45, 7) is 3.72. The van der Waals surface area contributed by atoms with Crippen LogP contribution in [0.5, 0.6) is 0 Å². The predicted octanol–water partition coefficient (Wildman–Crippen LogP) is 1.76. The average Bonchev–Trinajstić information content (AvgIpc) is 2.87. The van der Waals surface area contributed by atoms with Gasteiger partial charge in [0.05, 0.1) is 29.8 Å². The molecule has 27 heavy (non-hydrogen) atoms. The lowest BCUT2D eigenvalue weighted by Crippen LogP contribution is -2.49. The van der Waals surface area contributed by atoms with Gasteiger partial charge in [0, 0.05) is 13.1 Å². The van der Waals surface area contributed by atoms with Crippen LogP contribution >= 0.6 is 0 Å². The first-order chi connectivity index (χ1) is 12.6. The van der Waals surface area contributed by atoms with Crippen molar-refractivity contribution in [1.29, 1.82) is 0 Å². The van der Waals surface area contributed by atoms with Crippen molar-refractivity contribution in [2.45, 2.75) is 38.4 Å². The number of sulfonamides is 1. The molecule has 1 saturated heterocycles. The highest BCUT2D eigenvalue weighted by molar-refractivity contribution is 7.88. The Bertz CT molecular complexity index is 1010. The molecule has 0 saturated carbocycles. The number of piperidine rings is 1. The van der Waals surface area contributed by atoms with Crippen LogP contribution in [0.1, 0.15) is 37.4 Å². The second-order valence-corrected chi connectivity index (χ2v) is 8.91. The van der Waals surface area contributed by atoms with Gasteiger partial charge in [0.25, 0.3) is 0 Å². The van der Waals surface area contributed by atoms with Crippen molar-refractivity contribution in [1.82, 2.24) is 18.9 Å². The number of nitrogens with zero attached hydrogens (tertiary/aromatic N) is 4. The molecule has 1 fully saturated rings. The van der Waals surface area contributed by atoms with E-state index in [-0.39, 0.29) is 42.5 Å². The monoisotopic (exact) mass is 397 g/mol. The summed E-state index contributed by atoms with van der Waals surface area (Å²) in [5.74, 6) is 1.84. The Morgan fingerprint density at radius 3 is 2.70 bits per heavy atom. The van der Waals surface area contributed by atoms with Crippen molar-refractivity contribution >= 4 is 21.5 Å². The van der Waals surface area contributed by atoms with Gasteiger partial charge in [-0.05, 0) is 12.3 Å². The van der Waals surface area contributed by atoms with Crippen molar-refractivity contribution in [3.05, 3.63) is 23.3 Å². The first-order valence-electron chi connectivity index (χ1n) is 8.53. The maximum atomic E-state index is 14.5. The van der Waals surface area contributed by atoms with Crippen LogP contribution in [0.4, 0.5) is 14.7 Å². The number of hydrogen-bond donors (Lipinski definition) is 1. The SMILES string of the molecule is C#Cc1c(F)c2cnc(N[C@@H]3CCN(S(C)(=O)=O)C[C@H]3F)nn2c1C(C)C. The largest absolute Gasteiger partial charge is 0.347 e. The normalized spacial score (nSPS) is 21.5. The molecule has 3 rings (SSSR count). The number of hydrogen-bond acceptors (Lipinski definition) is 5. The van der Waals surface area contributed by atoms with Crippen LogP contribution in [0.3, 0.4) is 0 Å². The summed E-state index contributed by atoms with van der Waals surface area (Å²) >= 11 is 0. The van der Waals surface area contributed by atoms with Crippen LogP contribution in [-0.2, 0) is 10.0 Å². The topological polar surface area (TPSA) is 79.6 Å². The van der Waals surface area contributed by atoms with Crippen LogP contribution in [0.2, 0.25) is 0 Å². The summed E-state index contributed by atoms with van der Waals surface area (Å²) in [4.78, 5) is 4.06. The van der Waals surface area contributed by atoms with Gasteiger partial charge in [-0.2, -0.15) is 4.31 Å². The molecular weight excluding hydrogens is 376 g/mol. The maximum Gasteiger partial charge on any atom is 0.241 e. The molecule has 7 nitrogen and oxygen atoms in total. The molecule has 2 aromatic rings. The molecular formula is C17H21F2N5O2S. The van der Waals surface area contributed by atoms with Crippen molar-refractivity contribution in [3.63, 3.8) is 0 Å². The minimum absolute atomic E-state index is 0.0808. The van der Waals surface area contributed by atoms with Gasteiger partial charge >= 0.3 is 0 Å². The van der Waals surface area contributed by atoms with Gasteiger partial charge in [-0.1, -0.05) is 19.8 Å². The van der Waals surface area contributed by atoms with E-state index in [1.807, 2.05) is 13.8 Å². The number of rotatable bonds is 4. The van der Waals surface area contributed by atoms with Crippen molar-refractivity contribution < 1.29 is 17.2 Å². The third kappa shape index (κ3) is 3.61. The molecule has 2 atom stereocenters. The van der Waals surface area contributed by atoms with E-state index in [1.54, 1.807) is 0 Å². The van der Waals surface area contributed by atoms with Gasteiger partial charge in [0.2, 0.25) is 16.0 Å². The number of alkyl halides is 1. The fraction of sp³-hybridized carbons (Fsp3) is 0.529. The summed E-state index contributed by atoms with van der Waals surface area (Å²) in [5, 5.41) is 7.18. The number of halogens is 2. The first kappa shape index (κ1) is 19.5. The molecule has 10 heteroatoms. The van der Waals surface area contributed by atoms with Crippen molar-refractivity contribution in [2.24, 2.45) is 0 Å². The van der Waals surface area contributed by atoms with E-state index in [9.17, 15) is 17.2 Å². The van der Waals surface area contributed by atoms with E-state index in [2.05, 4.69) is 21.3 Å². The number of terminal acetylenes is 1. The van der Waals surface area contributed by atoms with E-state index in [4.69, 9.17) is 6.42 Å². The average molecular weight is 397 g/mol. The smallest absolute Gasteiger partial charge is 0.241 e. The number of anilines is 1. The highest BCUT2D eigenvalue weighted by Crippen LogP contribution is 2.27. The Labute approximate surface area is 156 Å². The summed E-state index contributed by atoms with van der Waals surface area (Å²) < 4.78 is 54.5. The first-order valence-corrected chi connectivity index (χ1v) is 10.4. The Balaban J connectivity index is 1.89. The van der Waals surface area contributed by atoms with Crippen LogP contribution < -0.4 is 5.32 Å². The van der Waals surface area contributed by atoms with Gasteiger partial charge in [-0.3, -0.25) is 0 Å². The molecule has 3 heterocycles. The third-order valence-electron chi connectivity index (χ3n) is 4.64. The molecule has 0 spiro atoms. The quantitative estimate of drug-likeness (QED) is 0.796. The van der Waals surface area contributed by atoms with Gasteiger partial charge in [-0.25, -0.2) is 26.7 Å². The summed E-state index contributed by atoms with van der Waals surface area (Å²) in [7, 11) is -3.43. The zero-order valence-corrected chi connectivity index (χ0v) is 16.1. The third-order valence-corrected chi connectivity index (χ3v) is 5.91. The van der Waals surface area contributed by atoms with Gasteiger partial charge in [-0.15, -0.1) is 11.5 Å². The second kappa shape index (κ2) is 7.05. The predicted molar refractivity (Wildman–Crippen MR) is 98.3 cm³/mol. The van der Waals surface area contributed by atoms with Crippen molar-refractivity contribution in [2.75, 3.05) is 24.7 Å². The zero-order chi connectivity index (χ0) is 19.9. The molecule has 1 N–H and O–H groups in total. The lowest BCUT2D eigenvalue weighted by Gasteiger charge is -2.33. The molecule has 146 valence electrons. The minimum Gasteiger partial charge on any atom is -0.347 e. The fourth-order valence-electron chi connectivity index (χ4n) is 3.27. The van der Waals surface area contributed by atoms with E-state index in [0.717, 1.165) is 10.6 Å². The van der Waals surface area contributed by atoms with Crippen LogP contribution in [0.15, 0.2) is 6.20 Å². The van der Waals surface area contributed by atoms with E-state index >= 15 is 0 Å². The molecule has 1 aliphatic heterocycles. The number of aromatic nitrogens is 3. The highest BCUT2D eigenvalue weighted by atomic mass is 32.2. The lowest BCUT2D eigenvalue weighted by atomic mass is 10.1. The summed E-state index contributed by atoms with van der Waals surface area (Å²) in [6.07, 6.45) is 6.64. The Morgan fingerprint density at radius 1 is 1.44 bits per heavy atom. The zero-order valence-electron chi connectivity index (χ0n) is 15.3. The number of nitrogens with one attached hydrogen (secondary N) is 1. The second-order valence-electron chi connectivity index (χ2n) is 6.93. The van der Waals surface area contributed by atoms with Gasteiger partial charge in [0.1, 0.15) is 11.7 Å². The molecule has 0 unspecified atom stereocenters. The Morgan fingerprint density at radius 2 is 2.15 bits per heavy atom. The highest BCUT2D eigenvalue weighted by Gasteiger charge is 2.33. The van der Waals surface area contributed by atoms with Crippen LogP contribution in [-0.4, -0.2) is 58.9 Å². The molecule has 0 aliphatic carbocycles. The van der Waals surface area contributed by atoms with Gasteiger partial charge < -0.3 is 5.32 Å². The van der Waals surface area contributed by atoms with E-state index < -0.39 is 28.1 Å². The summed E-state index contributed by atoms with van der Waals surface area (Å²) in [6, 6.07) is -0.643. The fourth-order valence-corrected chi connectivity index (χ4v) is 4.12. The molecule has 0 bridgehead atoms. The molecule has 0 radical (unpaired) electrons. The van der Waals surface area contributed by atoms with Crippen molar-refractivity contribution in [3.8, 4) is 12.3 Å². The maximum absolute atomic E-state index is 14.5. The molecule has 0 amide bonds. The van der Waals surface area contributed by atoms with Gasteiger partial charge in [0.15, 0.2) is 5.82 Å². The number of fused-ring (bicyclic) bond motifs is 1. The van der Waals surface area contributed by atoms with Crippen LogP contribution in [0.25, 0.3) is 5.52 Å². The lowest BCUT2D eigenvalue weighted by molar-refractivity contribution is 0.186. The van der Waals surface area contributed by atoms with Crippen LogP contribution in [0, 0.1) is 18.2 Å². The molecule has 0 aromatic carbocycles. The van der Waals surface area contributed by atoms with E-state index in [0.29, 0.717) is 5.69 Å². The standard InChI is InChI=1S/C17H21F2N5O2S/c1-5-11-15(19)14-8-20-17(22-24(14)16(11)10(2)3)21-13-6-7-23(9-12(13)18)27(4,25)26/h1,8,10,12-13H,6-7,9H2,2-4H3,(H,21,22)/t12-,13-/m1/s1. The minimum atomic E-state index is -3.43. The summed E-state index contributed by atoms with van der Waals surface area (Å²) in [5.41, 5.74) is 0.835. The molecule has 2 aromatic heterocycles. The Kier molecular flexibility index (Phi) is 5.10. The molecule has 1 aliphatic rings.